The van der Waals surface area contributed by atoms with E-state index in [0.717, 1.165) is 36.7 Å². The third-order valence-electron chi connectivity index (χ3n) is 2.56. The minimum absolute atomic E-state index is 0. The number of thioether (sulfide) groups is 1. The Kier molecular flexibility index (Phi) is 12.1. The van der Waals surface area contributed by atoms with E-state index in [1.54, 1.807) is 11.8 Å². The smallest absolute Gasteiger partial charge is 0.220 e. The molecule has 0 atom stereocenters. The molecule has 0 spiro atoms. The van der Waals surface area contributed by atoms with Gasteiger partial charge in [0.15, 0.2) is 0 Å². The predicted molar refractivity (Wildman–Crippen MR) is 90.2 cm³/mol. The maximum absolute atomic E-state index is 11.5. The van der Waals surface area contributed by atoms with E-state index in [1.807, 2.05) is 31.3 Å². The number of hydrogen-bond acceptors (Lipinski definition) is 3. The Bertz CT molecular complexity index is 374. The van der Waals surface area contributed by atoms with Gasteiger partial charge in [-0.3, -0.25) is 4.79 Å². The highest BCUT2D eigenvalue weighted by atomic mass is 35.5. The Balaban J connectivity index is 0.00000361. The number of benzene rings is 1. The van der Waals surface area contributed by atoms with Crippen LogP contribution in [0.2, 0.25) is 5.02 Å². The average Bonchev–Trinajstić information content (AvgIpc) is 2.42. The second-order valence-electron chi connectivity index (χ2n) is 4.21. The third-order valence-corrected chi connectivity index (χ3v) is 3.91. The molecule has 3 nitrogen and oxygen atoms in total. The first-order chi connectivity index (χ1) is 9.22. The number of hydrogen-bond donors (Lipinski definition) is 2. The number of amides is 1. The molecule has 0 saturated heterocycles. The SMILES string of the molecule is CNCCCNC(=O)CCCSc1ccc(Cl)cc1.Cl. The summed E-state index contributed by atoms with van der Waals surface area (Å²) in [5, 5.41) is 6.72. The van der Waals surface area contributed by atoms with E-state index < -0.39 is 0 Å². The summed E-state index contributed by atoms with van der Waals surface area (Å²) >= 11 is 7.57. The fraction of sp³-hybridized carbons (Fsp3) is 0.500. The summed E-state index contributed by atoms with van der Waals surface area (Å²) in [6.07, 6.45) is 2.47. The zero-order chi connectivity index (χ0) is 13.9. The molecule has 1 aromatic rings. The molecular weight excluding hydrogens is 315 g/mol. The van der Waals surface area contributed by atoms with E-state index in [1.165, 1.54) is 4.90 Å². The van der Waals surface area contributed by atoms with Gasteiger partial charge in [-0.25, -0.2) is 0 Å². The number of carbonyl (C=O) groups is 1. The summed E-state index contributed by atoms with van der Waals surface area (Å²) < 4.78 is 0. The minimum atomic E-state index is 0. The quantitative estimate of drug-likeness (QED) is 0.536. The van der Waals surface area contributed by atoms with Crippen LogP contribution in [0.3, 0.4) is 0 Å². The van der Waals surface area contributed by atoms with Gasteiger partial charge < -0.3 is 10.6 Å². The van der Waals surface area contributed by atoms with E-state index in [9.17, 15) is 4.79 Å². The summed E-state index contributed by atoms with van der Waals surface area (Å²) in [4.78, 5) is 12.7. The minimum Gasteiger partial charge on any atom is -0.356 e. The largest absolute Gasteiger partial charge is 0.356 e. The lowest BCUT2D eigenvalue weighted by molar-refractivity contribution is -0.121. The van der Waals surface area contributed by atoms with E-state index in [4.69, 9.17) is 11.6 Å². The van der Waals surface area contributed by atoms with Crippen molar-refractivity contribution in [2.24, 2.45) is 0 Å². The van der Waals surface area contributed by atoms with Crippen LogP contribution in [0.15, 0.2) is 29.2 Å². The third kappa shape index (κ3) is 9.48. The molecule has 0 aliphatic rings. The van der Waals surface area contributed by atoms with Crippen molar-refractivity contribution in [3.05, 3.63) is 29.3 Å². The van der Waals surface area contributed by atoms with Crippen LogP contribution in [0.5, 0.6) is 0 Å². The van der Waals surface area contributed by atoms with E-state index in [0.29, 0.717) is 6.42 Å². The van der Waals surface area contributed by atoms with Crippen LogP contribution in [-0.2, 0) is 4.79 Å². The number of halogens is 2. The first-order valence-corrected chi connectivity index (χ1v) is 7.88. The van der Waals surface area contributed by atoms with E-state index >= 15 is 0 Å². The van der Waals surface area contributed by atoms with Gasteiger partial charge in [-0.15, -0.1) is 24.2 Å². The van der Waals surface area contributed by atoms with Gasteiger partial charge in [-0.2, -0.15) is 0 Å². The van der Waals surface area contributed by atoms with Crippen LogP contribution >= 0.6 is 35.8 Å². The molecule has 0 unspecified atom stereocenters. The van der Waals surface area contributed by atoms with Crippen molar-refractivity contribution >= 4 is 41.7 Å². The molecule has 0 fully saturated rings. The standard InChI is InChI=1S/C14H21ClN2OS.ClH/c1-16-9-3-10-17-14(18)4-2-11-19-13-7-5-12(15)6-8-13;/h5-8,16H,2-4,9-11H2,1H3,(H,17,18);1H. The monoisotopic (exact) mass is 336 g/mol. The molecule has 0 saturated carbocycles. The molecule has 0 bridgehead atoms. The topological polar surface area (TPSA) is 41.1 Å². The van der Waals surface area contributed by atoms with Gasteiger partial charge in [0.2, 0.25) is 5.91 Å². The van der Waals surface area contributed by atoms with Crippen LogP contribution < -0.4 is 10.6 Å². The predicted octanol–water partition coefficient (Wildman–Crippen LogP) is 3.36. The summed E-state index contributed by atoms with van der Waals surface area (Å²) in [5.74, 6) is 1.10. The number of carbonyl (C=O) groups excluding carboxylic acids is 1. The lowest BCUT2D eigenvalue weighted by Gasteiger charge is -2.05. The number of nitrogens with one attached hydrogen (secondary N) is 2. The van der Waals surface area contributed by atoms with E-state index in [-0.39, 0.29) is 18.3 Å². The lowest BCUT2D eigenvalue weighted by atomic mass is 10.3. The van der Waals surface area contributed by atoms with Gasteiger partial charge in [0.25, 0.3) is 0 Å². The van der Waals surface area contributed by atoms with Crippen molar-refractivity contribution in [3.63, 3.8) is 0 Å². The Morgan fingerprint density at radius 2 is 1.90 bits per heavy atom. The zero-order valence-electron chi connectivity index (χ0n) is 11.7. The molecule has 0 aromatic heterocycles. The molecule has 6 heteroatoms. The van der Waals surface area contributed by atoms with Crippen molar-refractivity contribution in [2.75, 3.05) is 25.9 Å². The Hall–Kier alpha value is -0.420. The highest BCUT2D eigenvalue weighted by molar-refractivity contribution is 7.99. The van der Waals surface area contributed by atoms with Crippen LogP contribution in [0.1, 0.15) is 19.3 Å². The van der Waals surface area contributed by atoms with Gasteiger partial charge >= 0.3 is 0 Å². The molecular formula is C14H22Cl2N2OS. The molecule has 114 valence electrons. The fourth-order valence-corrected chi connectivity index (χ4v) is 2.51. The highest BCUT2D eigenvalue weighted by Gasteiger charge is 2.01. The fourth-order valence-electron chi connectivity index (χ4n) is 1.53. The Morgan fingerprint density at radius 1 is 1.20 bits per heavy atom. The van der Waals surface area contributed by atoms with Gasteiger partial charge in [-0.1, -0.05) is 11.6 Å². The van der Waals surface area contributed by atoms with Gasteiger partial charge in [-0.05, 0) is 56.5 Å². The van der Waals surface area contributed by atoms with Crippen molar-refractivity contribution in [2.45, 2.75) is 24.2 Å². The molecule has 0 aliphatic carbocycles. The Labute approximate surface area is 136 Å². The molecule has 20 heavy (non-hydrogen) atoms. The van der Waals surface area contributed by atoms with Gasteiger partial charge in [0.1, 0.15) is 0 Å². The summed E-state index contributed by atoms with van der Waals surface area (Å²) in [5.41, 5.74) is 0. The second kappa shape index (κ2) is 12.3. The maximum Gasteiger partial charge on any atom is 0.220 e. The molecule has 1 amide bonds. The van der Waals surface area contributed by atoms with Gasteiger partial charge in [0, 0.05) is 22.9 Å². The average molecular weight is 337 g/mol. The zero-order valence-corrected chi connectivity index (χ0v) is 14.0. The number of rotatable bonds is 9. The van der Waals surface area contributed by atoms with Crippen molar-refractivity contribution < 1.29 is 4.79 Å². The molecule has 0 radical (unpaired) electrons. The van der Waals surface area contributed by atoms with Crippen LogP contribution in [0, 0.1) is 0 Å². The summed E-state index contributed by atoms with van der Waals surface area (Å²) in [6, 6.07) is 7.78. The second-order valence-corrected chi connectivity index (χ2v) is 5.82. The van der Waals surface area contributed by atoms with Crippen LogP contribution in [0.4, 0.5) is 0 Å². The first-order valence-electron chi connectivity index (χ1n) is 6.52. The summed E-state index contributed by atoms with van der Waals surface area (Å²) in [7, 11) is 1.91. The normalized spacial score (nSPS) is 9.90. The van der Waals surface area contributed by atoms with Crippen LogP contribution in [-0.4, -0.2) is 31.8 Å². The molecule has 2 N–H and O–H groups in total. The first kappa shape index (κ1) is 19.6. The molecule has 0 heterocycles. The van der Waals surface area contributed by atoms with Crippen molar-refractivity contribution in [1.82, 2.24) is 10.6 Å². The Morgan fingerprint density at radius 3 is 2.55 bits per heavy atom. The van der Waals surface area contributed by atoms with Gasteiger partial charge in [0.05, 0.1) is 0 Å². The lowest BCUT2D eigenvalue weighted by Crippen LogP contribution is -2.26. The van der Waals surface area contributed by atoms with E-state index in [2.05, 4.69) is 10.6 Å². The molecule has 1 rings (SSSR count). The van der Waals surface area contributed by atoms with Crippen molar-refractivity contribution in [1.29, 1.82) is 0 Å². The van der Waals surface area contributed by atoms with Crippen LogP contribution in [0.25, 0.3) is 0 Å². The highest BCUT2D eigenvalue weighted by Crippen LogP contribution is 2.21. The summed E-state index contributed by atoms with van der Waals surface area (Å²) in [6.45, 7) is 1.69. The maximum atomic E-state index is 11.5. The van der Waals surface area contributed by atoms with Crippen molar-refractivity contribution in [3.8, 4) is 0 Å². The molecule has 0 aliphatic heterocycles. The molecule has 1 aromatic carbocycles.